The number of ketones is 1. The Balaban J connectivity index is 3.45. The van der Waals surface area contributed by atoms with Gasteiger partial charge in [-0.2, -0.15) is 0 Å². The number of carbonyl (C=O) groups is 2. The third-order valence-electron chi connectivity index (χ3n) is 2.07. The molecule has 0 fully saturated rings. The number of rotatable bonds is 5. The number of carboxylic acid groups (broad SMARTS) is 1. The van der Waals surface area contributed by atoms with E-state index in [9.17, 15) is 9.59 Å². The molecule has 98 valence electrons. The lowest BCUT2D eigenvalue weighted by Gasteiger charge is -2.17. The van der Waals surface area contributed by atoms with Crippen molar-refractivity contribution in [2.45, 2.75) is 20.0 Å². The highest BCUT2D eigenvalue weighted by Crippen LogP contribution is 2.37. The number of ether oxygens (including phenoxy) is 2. The molecule has 1 aromatic carbocycles. The summed E-state index contributed by atoms with van der Waals surface area (Å²) in [5.41, 5.74) is -0.197. The largest absolute Gasteiger partial charge is 0.493 e. The molecule has 0 heterocycles. The molecule has 0 aliphatic heterocycles. The van der Waals surface area contributed by atoms with E-state index in [1.165, 1.54) is 19.2 Å². The van der Waals surface area contributed by atoms with Gasteiger partial charge in [0.15, 0.2) is 11.5 Å². The van der Waals surface area contributed by atoms with E-state index < -0.39 is 11.8 Å². The maximum Gasteiger partial charge on any atom is 0.377 e. The normalized spacial score (nSPS) is 10.3. The van der Waals surface area contributed by atoms with Gasteiger partial charge in [0, 0.05) is 0 Å². The van der Waals surface area contributed by atoms with E-state index in [0.29, 0.717) is 0 Å². The van der Waals surface area contributed by atoms with Crippen molar-refractivity contribution in [2.75, 3.05) is 7.11 Å². The van der Waals surface area contributed by atoms with Crippen LogP contribution in [0.25, 0.3) is 0 Å². The number of Topliss-reactive ketones (excluding diaryl/α,β-unsaturated/α-hetero) is 1. The molecule has 0 aliphatic carbocycles. The van der Waals surface area contributed by atoms with E-state index >= 15 is 0 Å². The van der Waals surface area contributed by atoms with Gasteiger partial charge in [-0.15, -0.1) is 0 Å². The summed E-state index contributed by atoms with van der Waals surface area (Å²) in [5, 5.41) is 8.79. The summed E-state index contributed by atoms with van der Waals surface area (Å²) < 4.78 is 10.5. The quantitative estimate of drug-likeness (QED) is 0.658. The molecule has 0 saturated carbocycles. The number of benzene rings is 1. The van der Waals surface area contributed by atoms with Gasteiger partial charge in [-0.1, -0.05) is 11.6 Å². The number of hydrogen-bond acceptors (Lipinski definition) is 4. The number of aliphatic carboxylic acids is 1. The monoisotopic (exact) mass is 272 g/mol. The second-order valence-electron chi connectivity index (χ2n) is 3.75. The summed E-state index contributed by atoms with van der Waals surface area (Å²) in [5.74, 6) is -2.42. The van der Waals surface area contributed by atoms with Crippen molar-refractivity contribution in [1.29, 1.82) is 0 Å². The Morgan fingerprint density at radius 3 is 2.39 bits per heavy atom. The fourth-order valence-electron chi connectivity index (χ4n) is 1.37. The van der Waals surface area contributed by atoms with Gasteiger partial charge in [-0.05, 0) is 26.0 Å². The Hall–Kier alpha value is -1.75. The van der Waals surface area contributed by atoms with E-state index in [4.69, 9.17) is 26.2 Å². The summed E-state index contributed by atoms with van der Waals surface area (Å²) in [6.45, 7) is 3.49. The molecule has 18 heavy (non-hydrogen) atoms. The fraction of sp³-hybridized carbons (Fsp3) is 0.333. The van der Waals surface area contributed by atoms with E-state index in [2.05, 4.69) is 0 Å². The third-order valence-corrected chi connectivity index (χ3v) is 2.38. The molecule has 0 amide bonds. The van der Waals surface area contributed by atoms with Crippen molar-refractivity contribution in [3.05, 3.63) is 22.7 Å². The molecule has 0 bridgehead atoms. The second-order valence-corrected chi connectivity index (χ2v) is 4.16. The van der Waals surface area contributed by atoms with Gasteiger partial charge in [0.2, 0.25) is 0 Å². The molecule has 0 aliphatic rings. The molecule has 1 rings (SSSR count). The van der Waals surface area contributed by atoms with Crippen molar-refractivity contribution in [3.63, 3.8) is 0 Å². The maximum atomic E-state index is 11.6. The Bertz CT molecular complexity index is 482. The van der Waals surface area contributed by atoms with Crippen molar-refractivity contribution in [1.82, 2.24) is 0 Å². The van der Waals surface area contributed by atoms with Gasteiger partial charge in [0.25, 0.3) is 5.78 Å². The van der Waals surface area contributed by atoms with Crippen LogP contribution in [0.2, 0.25) is 5.02 Å². The minimum atomic E-state index is -1.60. The number of carboxylic acids is 1. The van der Waals surface area contributed by atoms with Gasteiger partial charge < -0.3 is 14.6 Å². The van der Waals surface area contributed by atoms with E-state index in [0.717, 1.165) is 0 Å². The highest BCUT2D eigenvalue weighted by atomic mass is 35.5. The van der Waals surface area contributed by atoms with Gasteiger partial charge in [-0.25, -0.2) is 4.79 Å². The Morgan fingerprint density at radius 1 is 1.33 bits per heavy atom. The van der Waals surface area contributed by atoms with Gasteiger partial charge >= 0.3 is 5.97 Å². The van der Waals surface area contributed by atoms with Crippen LogP contribution in [0.1, 0.15) is 24.2 Å². The zero-order chi connectivity index (χ0) is 13.9. The number of halogens is 1. The molecule has 0 radical (unpaired) electrons. The van der Waals surface area contributed by atoms with Crippen molar-refractivity contribution >= 4 is 23.4 Å². The lowest BCUT2D eigenvalue weighted by atomic mass is 10.1. The molecule has 1 N–H and O–H groups in total. The maximum absolute atomic E-state index is 11.6. The molecule has 5 nitrogen and oxygen atoms in total. The predicted octanol–water partition coefficient (Wildman–Crippen LogP) is 2.40. The molecule has 6 heteroatoms. The Morgan fingerprint density at radius 2 is 1.94 bits per heavy atom. The number of methoxy groups -OCH3 is 1. The zero-order valence-corrected chi connectivity index (χ0v) is 10.9. The van der Waals surface area contributed by atoms with Crippen LogP contribution in [0.4, 0.5) is 0 Å². The summed E-state index contributed by atoms with van der Waals surface area (Å²) in [7, 11) is 1.39. The minimum absolute atomic E-state index is 0.0128. The summed E-state index contributed by atoms with van der Waals surface area (Å²) in [4.78, 5) is 22.4. The summed E-state index contributed by atoms with van der Waals surface area (Å²) >= 11 is 5.86. The van der Waals surface area contributed by atoms with Crippen LogP contribution in [-0.2, 0) is 4.79 Å². The van der Waals surface area contributed by atoms with Gasteiger partial charge in [0.05, 0.1) is 23.8 Å². The zero-order valence-electron chi connectivity index (χ0n) is 10.2. The first-order valence-electron chi connectivity index (χ1n) is 5.19. The lowest BCUT2D eigenvalue weighted by Crippen LogP contribution is -2.17. The third kappa shape index (κ3) is 2.92. The SMILES string of the molecule is COc1ccc(Cl)c(C(=O)C(=O)O)c1OC(C)C. The Kier molecular flexibility index (Phi) is 4.55. The number of carbonyl (C=O) groups excluding carboxylic acids is 1. The van der Waals surface area contributed by atoms with Crippen LogP contribution in [0.15, 0.2) is 12.1 Å². The average molecular weight is 273 g/mol. The van der Waals surface area contributed by atoms with Crippen molar-refractivity contribution < 1.29 is 24.2 Å². The Labute approximate surface area is 109 Å². The first-order valence-corrected chi connectivity index (χ1v) is 5.57. The smallest absolute Gasteiger partial charge is 0.377 e. The second kappa shape index (κ2) is 5.73. The average Bonchev–Trinajstić information content (AvgIpc) is 2.28. The highest BCUT2D eigenvalue weighted by molar-refractivity contribution is 6.45. The van der Waals surface area contributed by atoms with Crippen LogP contribution in [0, 0.1) is 0 Å². The molecule has 1 aromatic rings. The van der Waals surface area contributed by atoms with Crippen LogP contribution in [-0.4, -0.2) is 30.1 Å². The molecule has 0 atom stereocenters. The molecular formula is C12H13ClO5. The predicted molar refractivity (Wildman–Crippen MR) is 65.7 cm³/mol. The van der Waals surface area contributed by atoms with Gasteiger partial charge in [-0.3, -0.25) is 4.79 Å². The molecule has 0 spiro atoms. The summed E-state index contributed by atoms with van der Waals surface area (Å²) in [6.07, 6.45) is -0.252. The minimum Gasteiger partial charge on any atom is -0.493 e. The first-order chi connectivity index (χ1) is 8.38. The molecular weight excluding hydrogens is 260 g/mol. The van der Waals surface area contributed by atoms with Gasteiger partial charge in [0.1, 0.15) is 0 Å². The molecule has 0 unspecified atom stereocenters. The molecule has 0 saturated heterocycles. The van der Waals surface area contributed by atoms with Crippen LogP contribution in [0.5, 0.6) is 11.5 Å². The highest BCUT2D eigenvalue weighted by Gasteiger charge is 2.26. The lowest BCUT2D eigenvalue weighted by molar-refractivity contribution is -0.131. The van der Waals surface area contributed by atoms with E-state index in [1.807, 2.05) is 0 Å². The van der Waals surface area contributed by atoms with Crippen LogP contribution in [0.3, 0.4) is 0 Å². The van der Waals surface area contributed by atoms with E-state index in [1.54, 1.807) is 13.8 Å². The first kappa shape index (κ1) is 14.3. The molecule has 0 aromatic heterocycles. The van der Waals surface area contributed by atoms with E-state index in [-0.39, 0.29) is 28.2 Å². The van der Waals surface area contributed by atoms with Crippen molar-refractivity contribution in [3.8, 4) is 11.5 Å². The fourth-order valence-corrected chi connectivity index (χ4v) is 1.61. The number of hydrogen-bond donors (Lipinski definition) is 1. The van der Waals surface area contributed by atoms with Crippen molar-refractivity contribution in [2.24, 2.45) is 0 Å². The summed E-state index contributed by atoms with van der Waals surface area (Å²) in [6, 6.07) is 2.91. The van der Waals surface area contributed by atoms with Crippen LogP contribution >= 0.6 is 11.6 Å². The standard InChI is InChI=1S/C12H13ClO5/c1-6(2)18-11-8(17-3)5-4-7(13)9(11)10(14)12(15)16/h4-6H,1-3H3,(H,15,16). The van der Waals surface area contributed by atoms with Crippen LogP contribution < -0.4 is 9.47 Å². The topological polar surface area (TPSA) is 72.8 Å².